The van der Waals surface area contributed by atoms with Crippen molar-refractivity contribution < 1.29 is 0 Å². The Kier molecular flexibility index (Phi) is 6.91. The fraction of sp³-hybridized carbons (Fsp3) is 0. The van der Waals surface area contributed by atoms with Gasteiger partial charge in [-0.05, 0) is 88.3 Å². The van der Waals surface area contributed by atoms with Crippen LogP contribution in [0.5, 0.6) is 0 Å². The molecule has 4 heterocycles. The molecule has 0 fully saturated rings. The minimum absolute atomic E-state index is 0.662. The van der Waals surface area contributed by atoms with Crippen LogP contribution < -0.4 is 0 Å². The minimum Gasteiger partial charge on any atom is -0.309 e. The third-order valence-corrected chi connectivity index (χ3v) is 13.2. The Morgan fingerprint density at radius 2 is 1.05 bits per heavy atom. The van der Waals surface area contributed by atoms with E-state index in [1.54, 1.807) is 0 Å². The SMILES string of the molecule is c1ccc(-c2nc(-n3c4ccccc4c4cc(-c5ccc6c7c8cccc9c8c(cc7n(-c7ccccc7)c6c5)-c5ccccc5S9)ccc43)nc3ccccc23)cc1. The second-order valence-electron chi connectivity index (χ2n) is 15.3. The van der Waals surface area contributed by atoms with Gasteiger partial charge in [-0.2, -0.15) is 0 Å². The first-order chi connectivity index (χ1) is 29.3. The van der Waals surface area contributed by atoms with Crippen LogP contribution in [0.2, 0.25) is 0 Å². The van der Waals surface area contributed by atoms with Gasteiger partial charge in [0, 0.05) is 53.4 Å². The maximum atomic E-state index is 5.29. The van der Waals surface area contributed by atoms with Crippen LogP contribution in [-0.4, -0.2) is 19.1 Å². The highest BCUT2D eigenvalue weighted by molar-refractivity contribution is 7.99. The van der Waals surface area contributed by atoms with Crippen LogP contribution in [0.3, 0.4) is 0 Å². The lowest BCUT2D eigenvalue weighted by atomic mass is 9.94. The van der Waals surface area contributed by atoms with Gasteiger partial charge in [-0.1, -0.05) is 145 Å². The zero-order chi connectivity index (χ0) is 38.6. The molecule has 59 heavy (non-hydrogen) atoms. The maximum Gasteiger partial charge on any atom is 0.235 e. The molecule has 0 amide bonds. The molecule has 0 saturated carbocycles. The number of fused-ring (bicyclic) bond motifs is 10. The Morgan fingerprint density at radius 1 is 0.356 bits per heavy atom. The van der Waals surface area contributed by atoms with Crippen LogP contribution in [-0.2, 0) is 0 Å². The van der Waals surface area contributed by atoms with Crippen molar-refractivity contribution in [1.29, 1.82) is 0 Å². The molecule has 274 valence electrons. The van der Waals surface area contributed by atoms with E-state index in [4.69, 9.17) is 9.97 Å². The van der Waals surface area contributed by atoms with Crippen molar-refractivity contribution >= 4 is 77.0 Å². The maximum absolute atomic E-state index is 5.29. The Morgan fingerprint density at radius 3 is 1.95 bits per heavy atom. The van der Waals surface area contributed by atoms with Gasteiger partial charge in [-0.3, -0.25) is 4.57 Å². The topological polar surface area (TPSA) is 35.6 Å². The molecule has 1 aliphatic rings. The van der Waals surface area contributed by atoms with Crippen molar-refractivity contribution in [2.24, 2.45) is 0 Å². The number of benzene rings is 9. The predicted octanol–water partition coefficient (Wildman–Crippen LogP) is 14.4. The molecule has 0 atom stereocenters. The van der Waals surface area contributed by atoms with E-state index < -0.39 is 0 Å². The number of hydrogen-bond donors (Lipinski definition) is 0. The van der Waals surface area contributed by atoms with Gasteiger partial charge in [0.25, 0.3) is 0 Å². The second-order valence-corrected chi connectivity index (χ2v) is 16.4. The molecule has 0 spiro atoms. The van der Waals surface area contributed by atoms with E-state index >= 15 is 0 Å². The molecule has 0 radical (unpaired) electrons. The Labute approximate surface area is 343 Å². The van der Waals surface area contributed by atoms with Crippen LogP contribution in [0.1, 0.15) is 0 Å². The van der Waals surface area contributed by atoms with Crippen LogP contribution >= 0.6 is 11.8 Å². The summed E-state index contributed by atoms with van der Waals surface area (Å²) in [5.41, 5.74) is 13.5. The molecule has 3 aromatic heterocycles. The molecule has 0 saturated heterocycles. The molecule has 0 N–H and O–H groups in total. The van der Waals surface area contributed by atoms with Gasteiger partial charge in [-0.15, -0.1) is 0 Å². The highest BCUT2D eigenvalue weighted by atomic mass is 32.2. The molecular formula is C54H32N4S. The smallest absolute Gasteiger partial charge is 0.235 e. The zero-order valence-electron chi connectivity index (χ0n) is 31.7. The van der Waals surface area contributed by atoms with Crippen LogP contribution in [0.25, 0.3) is 110 Å². The Balaban J connectivity index is 1.05. The quantitative estimate of drug-likeness (QED) is 0.179. The Bertz CT molecular complexity index is 3700. The first-order valence-electron chi connectivity index (χ1n) is 20.0. The van der Waals surface area contributed by atoms with E-state index in [0.29, 0.717) is 5.95 Å². The van der Waals surface area contributed by atoms with E-state index in [1.807, 2.05) is 23.9 Å². The largest absolute Gasteiger partial charge is 0.309 e. The number of rotatable bonds is 4. The minimum atomic E-state index is 0.662. The summed E-state index contributed by atoms with van der Waals surface area (Å²) in [4.78, 5) is 13.1. The molecule has 0 aliphatic carbocycles. The predicted molar refractivity (Wildman–Crippen MR) is 246 cm³/mol. The second kappa shape index (κ2) is 12.5. The molecule has 4 nitrogen and oxygen atoms in total. The highest BCUT2D eigenvalue weighted by Crippen LogP contribution is 2.51. The molecule has 1 aliphatic heterocycles. The van der Waals surface area contributed by atoms with E-state index in [-0.39, 0.29) is 0 Å². The lowest BCUT2D eigenvalue weighted by Gasteiger charge is -2.21. The first-order valence-corrected chi connectivity index (χ1v) is 20.8. The van der Waals surface area contributed by atoms with E-state index in [9.17, 15) is 0 Å². The van der Waals surface area contributed by atoms with E-state index in [0.717, 1.165) is 49.8 Å². The molecule has 5 heteroatoms. The standard InChI is InChI=1S/C54H32N4S/c1-3-14-33(15-4-1)53-39-20-7-10-22-44(39)55-54(56-53)58-45-23-11-8-18-37(45)42-30-34(27-29-46(42)58)35-26-28-40-47(31-35)57(36-16-5-2-6-17-36)48-32-43-38-19-9-12-24-49(38)59-50-25-13-21-41(51(40)48)52(43)50/h1-32H. The van der Waals surface area contributed by atoms with Gasteiger partial charge >= 0.3 is 0 Å². The fourth-order valence-corrected chi connectivity index (χ4v) is 10.7. The number of para-hydroxylation sites is 3. The summed E-state index contributed by atoms with van der Waals surface area (Å²) in [7, 11) is 0. The fourth-order valence-electron chi connectivity index (χ4n) is 9.53. The summed E-state index contributed by atoms with van der Waals surface area (Å²) < 4.78 is 4.69. The zero-order valence-corrected chi connectivity index (χ0v) is 32.5. The normalized spacial score (nSPS) is 12.3. The summed E-state index contributed by atoms with van der Waals surface area (Å²) in [6.07, 6.45) is 0. The van der Waals surface area contributed by atoms with Crippen molar-refractivity contribution in [1.82, 2.24) is 19.1 Å². The molecule has 13 rings (SSSR count). The van der Waals surface area contributed by atoms with Gasteiger partial charge in [0.1, 0.15) is 0 Å². The number of aromatic nitrogens is 4. The summed E-state index contributed by atoms with van der Waals surface area (Å²) in [5.74, 6) is 0.662. The monoisotopic (exact) mass is 768 g/mol. The third-order valence-electron chi connectivity index (χ3n) is 12.1. The molecule has 0 unspecified atom stereocenters. The summed E-state index contributed by atoms with van der Waals surface area (Å²) in [6.45, 7) is 0. The van der Waals surface area contributed by atoms with Gasteiger partial charge < -0.3 is 4.57 Å². The van der Waals surface area contributed by atoms with Crippen molar-refractivity contribution in [3.63, 3.8) is 0 Å². The lowest BCUT2D eigenvalue weighted by molar-refractivity contribution is 1.01. The van der Waals surface area contributed by atoms with Crippen molar-refractivity contribution in [3.8, 4) is 45.1 Å². The van der Waals surface area contributed by atoms with Gasteiger partial charge in [-0.25, -0.2) is 9.97 Å². The van der Waals surface area contributed by atoms with Crippen molar-refractivity contribution in [3.05, 3.63) is 194 Å². The van der Waals surface area contributed by atoms with Gasteiger partial charge in [0.05, 0.1) is 33.3 Å². The van der Waals surface area contributed by atoms with Gasteiger partial charge in [0.15, 0.2) is 0 Å². The third kappa shape index (κ3) is 4.80. The molecule has 0 bridgehead atoms. The molecular weight excluding hydrogens is 737 g/mol. The summed E-state index contributed by atoms with van der Waals surface area (Å²) in [6, 6.07) is 70.1. The average molecular weight is 769 g/mol. The molecule has 9 aromatic carbocycles. The van der Waals surface area contributed by atoms with Gasteiger partial charge in [0.2, 0.25) is 5.95 Å². The van der Waals surface area contributed by atoms with Crippen molar-refractivity contribution in [2.45, 2.75) is 9.79 Å². The van der Waals surface area contributed by atoms with Crippen LogP contribution in [0.4, 0.5) is 0 Å². The Hall–Kier alpha value is -7.47. The lowest BCUT2D eigenvalue weighted by Crippen LogP contribution is -2.03. The summed E-state index contributed by atoms with van der Waals surface area (Å²) in [5, 5.41) is 8.55. The van der Waals surface area contributed by atoms with Crippen LogP contribution in [0, 0.1) is 0 Å². The van der Waals surface area contributed by atoms with E-state index in [1.165, 1.54) is 64.4 Å². The number of nitrogens with zero attached hydrogens (tertiary/aromatic N) is 4. The molecule has 12 aromatic rings. The van der Waals surface area contributed by atoms with Crippen molar-refractivity contribution in [2.75, 3.05) is 0 Å². The average Bonchev–Trinajstić information content (AvgIpc) is 3.81. The summed E-state index contributed by atoms with van der Waals surface area (Å²) >= 11 is 1.88. The highest BCUT2D eigenvalue weighted by Gasteiger charge is 2.25. The van der Waals surface area contributed by atoms with Crippen LogP contribution in [0.15, 0.2) is 204 Å². The van der Waals surface area contributed by atoms with E-state index in [2.05, 4.69) is 191 Å². The first kappa shape index (κ1) is 32.6. The number of hydrogen-bond acceptors (Lipinski definition) is 3.